The first kappa shape index (κ1) is 13.9. The third-order valence-electron chi connectivity index (χ3n) is 3.01. The van der Waals surface area contributed by atoms with Gasteiger partial charge in [0.15, 0.2) is 9.84 Å². The summed E-state index contributed by atoms with van der Waals surface area (Å²) in [7, 11) is -2.95. The molecule has 1 aliphatic heterocycles. The second-order valence-corrected chi connectivity index (χ2v) is 6.88. The molecule has 2 amide bonds. The smallest absolute Gasteiger partial charge is 0.315 e. The molecule has 2 heterocycles. The topological polar surface area (TPSA) is 93.1 Å². The molecule has 106 valence electrons. The molecule has 0 aromatic carbocycles. The Morgan fingerprint density at radius 3 is 2.95 bits per heavy atom. The molecule has 0 spiro atoms. The first-order valence-electron chi connectivity index (χ1n) is 6.26. The van der Waals surface area contributed by atoms with E-state index in [1.54, 1.807) is 12.5 Å². The zero-order valence-electron chi connectivity index (χ0n) is 10.6. The molecule has 19 heavy (non-hydrogen) atoms. The second-order valence-electron chi connectivity index (χ2n) is 4.65. The molecule has 7 nitrogen and oxygen atoms in total. The zero-order chi connectivity index (χ0) is 13.7. The Morgan fingerprint density at radius 2 is 2.32 bits per heavy atom. The second kappa shape index (κ2) is 6.05. The fraction of sp³-hybridized carbons (Fsp3) is 0.636. The molecule has 2 rings (SSSR count). The fourth-order valence-electron chi connectivity index (χ4n) is 2.03. The van der Waals surface area contributed by atoms with Gasteiger partial charge in [0.1, 0.15) is 0 Å². The molecule has 0 aliphatic carbocycles. The van der Waals surface area contributed by atoms with E-state index in [9.17, 15) is 13.2 Å². The van der Waals surface area contributed by atoms with E-state index in [0.717, 1.165) is 13.0 Å². The van der Waals surface area contributed by atoms with Crippen molar-refractivity contribution in [3.63, 3.8) is 0 Å². The average Bonchev–Trinajstić information content (AvgIpc) is 2.94. The van der Waals surface area contributed by atoms with Gasteiger partial charge in [-0.05, 0) is 12.8 Å². The summed E-state index contributed by atoms with van der Waals surface area (Å²) in [6, 6.07) is -0.550. The van der Waals surface area contributed by atoms with Crippen molar-refractivity contribution in [3.05, 3.63) is 18.7 Å². The highest BCUT2D eigenvalue weighted by molar-refractivity contribution is 7.91. The number of urea groups is 1. The van der Waals surface area contributed by atoms with E-state index in [1.807, 2.05) is 10.8 Å². The Labute approximate surface area is 112 Å². The summed E-state index contributed by atoms with van der Waals surface area (Å²) >= 11 is 0. The minimum atomic E-state index is -2.95. The van der Waals surface area contributed by atoms with Crippen LogP contribution in [0.4, 0.5) is 4.79 Å². The summed E-state index contributed by atoms with van der Waals surface area (Å²) in [5.74, 6) is 0.216. The van der Waals surface area contributed by atoms with Crippen LogP contribution in [-0.2, 0) is 16.4 Å². The number of nitrogens with zero attached hydrogens (tertiary/aromatic N) is 2. The number of nitrogens with one attached hydrogen (secondary N) is 2. The minimum Gasteiger partial charge on any atom is -0.338 e. The van der Waals surface area contributed by atoms with E-state index >= 15 is 0 Å². The van der Waals surface area contributed by atoms with Crippen LogP contribution < -0.4 is 10.6 Å². The zero-order valence-corrected chi connectivity index (χ0v) is 11.4. The summed E-state index contributed by atoms with van der Waals surface area (Å²) in [4.78, 5) is 15.5. The molecule has 0 bridgehead atoms. The lowest BCUT2D eigenvalue weighted by atomic mass is 10.3. The first-order chi connectivity index (χ1) is 9.05. The molecule has 1 saturated heterocycles. The van der Waals surface area contributed by atoms with Crippen LogP contribution in [0.5, 0.6) is 0 Å². The highest BCUT2D eigenvalue weighted by Gasteiger charge is 2.28. The van der Waals surface area contributed by atoms with Gasteiger partial charge in [0.05, 0.1) is 17.8 Å². The normalized spacial score (nSPS) is 21.2. The summed E-state index contributed by atoms with van der Waals surface area (Å²) < 4.78 is 24.4. The largest absolute Gasteiger partial charge is 0.338 e. The number of carbonyl (C=O) groups excluding carboxylic acids is 1. The number of aromatic nitrogens is 2. The van der Waals surface area contributed by atoms with Gasteiger partial charge < -0.3 is 15.2 Å². The van der Waals surface area contributed by atoms with Crippen molar-refractivity contribution in [2.24, 2.45) is 0 Å². The fourth-order valence-corrected chi connectivity index (χ4v) is 3.70. The van der Waals surface area contributed by atoms with Crippen LogP contribution in [0, 0.1) is 0 Å². The van der Waals surface area contributed by atoms with E-state index in [-0.39, 0.29) is 23.6 Å². The summed E-state index contributed by atoms with van der Waals surface area (Å²) in [6.07, 6.45) is 6.60. The maximum atomic E-state index is 11.5. The van der Waals surface area contributed by atoms with Gasteiger partial charge in [-0.25, -0.2) is 18.2 Å². The molecule has 2 N–H and O–H groups in total. The maximum absolute atomic E-state index is 11.5. The highest BCUT2D eigenvalue weighted by atomic mass is 32.2. The molecule has 0 radical (unpaired) electrons. The summed E-state index contributed by atoms with van der Waals surface area (Å²) in [5.41, 5.74) is 0. The standard InChI is InChI=1S/C11H18N4O3S/c16-11(14-10-2-7-19(17,18)8-10)13-3-1-5-15-6-4-12-9-15/h4,6,9-10H,1-3,5,7-8H2,(H2,13,14,16). The number of hydrogen-bond donors (Lipinski definition) is 2. The number of carbonyl (C=O) groups is 1. The number of aryl methyl sites for hydroxylation is 1. The lowest BCUT2D eigenvalue weighted by Gasteiger charge is -2.12. The van der Waals surface area contributed by atoms with Gasteiger partial charge in [-0.3, -0.25) is 0 Å². The third-order valence-corrected chi connectivity index (χ3v) is 4.77. The van der Waals surface area contributed by atoms with Crippen molar-refractivity contribution in [3.8, 4) is 0 Å². The molecule has 1 aliphatic rings. The van der Waals surface area contributed by atoms with Crippen LogP contribution in [-0.4, -0.2) is 48.1 Å². The van der Waals surface area contributed by atoms with E-state index in [2.05, 4.69) is 15.6 Å². The Balaban J connectivity index is 1.60. The van der Waals surface area contributed by atoms with Crippen LogP contribution in [0.1, 0.15) is 12.8 Å². The number of sulfone groups is 1. The molecule has 1 aromatic rings. The lowest BCUT2D eigenvalue weighted by Crippen LogP contribution is -2.43. The highest BCUT2D eigenvalue weighted by Crippen LogP contribution is 2.10. The van der Waals surface area contributed by atoms with Crippen LogP contribution in [0.2, 0.25) is 0 Å². The van der Waals surface area contributed by atoms with Gasteiger partial charge in [-0.1, -0.05) is 0 Å². The molecule has 8 heteroatoms. The van der Waals surface area contributed by atoms with Crippen molar-refractivity contribution in [1.29, 1.82) is 0 Å². The molecular formula is C11H18N4O3S. The minimum absolute atomic E-state index is 0.0510. The van der Waals surface area contributed by atoms with Gasteiger partial charge in [-0.2, -0.15) is 0 Å². The quantitative estimate of drug-likeness (QED) is 0.731. The van der Waals surface area contributed by atoms with Crippen molar-refractivity contribution in [2.45, 2.75) is 25.4 Å². The monoisotopic (exact) mass is 286 g/mol. The Bertz CT molecular complexity index is 512. The van der Waals surface area contributed by atoms with Crippen molar-refractivity contribution >= 4 is 15.9 Å². The number of rotatable bonds is 5. The van der Waals surface area contributed by atoms with Crippen LogP contribution in [0.25, 0.3) is 0 Å². The van der Waals surface area contributed by atoms with Crippen molar-refractivity contribution < 1.29 is 13.2 Å². The predicted molar refractivity (Wildman–Crippen MR) is 70.4 cm³/mol. The SMILES string of the molecule is O=C(NCCCn1ccnc1)NC1CCS(=O)(=O)C1. The first-order valence-corrected chi connectivity index (χ1v) is 8.08. The van der Waals surface area contributed by atoms with Crippen molar-refractivity contribution in [2.75, 3.05) is 18.1 Å². The summed E-state index contributed by atoms with van der Waals surface area (Å²) in [5, 5.41) is 5.40. The van der Waals surface area contributed by atoms with Gasteiger partial charge in [0.25, 0.3) is 0 Å². The number of imidazole rings is 1. The maximum Gasteiger partial charge on any atom is 0.315 e. The molecule has 0 saturated carbocycles. The molecular weight excluding hydrogens is 268 g/mol. The van der Waals surface area contributed by atoms with Crippen molar-refractivity contribution in [1.82, 2.24) is 20.2 Å². The Kier molecular flexibility index (Phi) is 4.41. The van der Waals surface area contributed by atoms with Crippen LogP contribution in [0.15, 0.2) is 18.7 Å². The van der Waals surface area contributed by atoms with E-state index in [1.165, 1.54) is 0 Å². The molecule has 1 aromatic heterocycles. The molecule has 1 unspecified atom stereocenters. The number of amides is 2. The molecule has 1 atom stereocenters. The van der Waals surface area contributed by atoms with Gasteiger partial charge >= 0.3 is 6.03 Å². The summed E-state index contributed by atoms with van der Waals surface area (Å²) in [6.45, 7) is 1.33. The Hall–Kier alpha value is -1.57. The van der Waals surface area contributed by atoms with Crippen LogP contribution in [0.3, 0.4) is 0 Å². The van der Waals surface area contributed by atoms with Gasteiger partial charge in [0.2, 0.25) is 0 Å². The average molecular weight is 286 g/mol. The van der Waals surface area contributed by atoms with E-state index < -0.39 is 9.84 Å². The predicted octanol–water partition coefficient (Wildman–Crippen LogP) is -0.240. The number of hydrogen-bond acceptors (Lipinski definition) is 4. The van der Waals surface area contributed by atoms with E-state index in [0.29, 0.717) is 13.0 Å². The van der Waals surface area contributed by atoms with Crippen LogP contribution >= 0.6 is 0 Å². The van der Waals surface area contributed by atoms with E-state index in [4.69, 9.17) is 0 Å². The third kappa shape index (κ3) is 4.55. The van der Waals surface area contributed by atoms with Gasteiger partial charge in [0, 0.05) is 31.5 Å². The molecule has 1 fully saturated rings. The van der Waals surface area contributed by atoms with Gasteiger partial charge in [-0.15, -0.1) is 0 Å². The lowest BCUT2D eigenvalue weighted by molar-refractivity contribution is 0.237. The Morgan fingerprint density at radius 1 is 1.47 bits per heavy atom.